The van der Waals surface area contributed by atoms with E-state index in [9.17, 15) is 18.0 Å². The second-order valence-corrected chi connectivity index (χ2v) is 6.81. The van der Waals surface area contributed by atoms with Crippen molar-refractivity contribution in [1.29, 1.82) is 0 Å². The Bertz CT molecular complexity index is 738. The lowest BCUT2D eigenvalue weighted by atomic mass is 10.1. The van der Waals surface area contributed by atoms with Crippen molar-refractivity contribution in [3.05, 3.63) is 59.5 Å². The molecule has 1 aromatic carbocycles. The molecule has 2 heterocycles. The SMILES string of the molecule is O=C(Cc1cccc(C(F)(F)F)c1)NC[C@H](c1ccco1)N1CCCCC1. The van der Waals surface area contributed by atoms with Crippen LogP contribution in [0.4, 0.5) is 13.2 Å². The van der Waals surface area contributed by atoms with Crippen LogP contribution in [0.2, 0.25) is 0 Å². The first-order valence-electron chi connectivity index (χ1n) is 9.14. The van der Waals surface area contributed by atoms with Gasteiger partial charge in [0.1, 0.15) is 5.76 Å². The monoisotopic (exact) mass is 380 g/mol. The summed E-state index contributed by atoms with van der Waals surface area (Å²) in [5, 5.41) is 2.85. The van der Waals surface area contributed by atoms with E-state index in [-0.39, 0.29) is 18.4 Å². The number of halogens is 3. The Balaban J connectivity index is 1.61. The predicted molar refractivity (Wildman–Crippen MR) is 95.0 cm³/mol. The molecule has 0 unspecified atom stereocenters. The second-order valence-electron chi connectivity index (χ2n) is 6.81. The van der Waals surface area contributed by atoms with Crippen LogP contribution in [-0.4, -0.2) is 30.4 Å². The zero-order chi connectivity index (χ0) is 19.3. The minimum absolute atomic E-state index is 0.0641. The lowest BCUT2D eigenvalue weighted by Gasteiger charge is -2.33. The van der Waals surface area contributed by atoms with E-state index in [4.69, 9.17) is 4.42 Å². The van der Waals surface area contributed by atoms with Crippen LogP contribution in [0.25, 0.3) is 0 Å². The molecule has 0 spiro atoms. The first-order valence-corrected chi connectivity index (χ1v) is 9.14. The van der Waals surface area contributed by atoms with Crippen molar-refractivity contribution in [3.63, 3.8) is 0 Å². The maximum Gasteiger partial charge on any atom is 0.416 e. The smallest absolute Gasteiger partial charge is 0.416 e. The van der Waals surface area contributed by atoms with Gasteiger partial charge in [-0.15, -0.1) is 0 Å². The molecule has 0 bridgehead atoms. The number of carbonyl (C=O) groups is 1. The molecule has 1 aliphatic heterocycles. The third kappa shape index (κ3) is 5.35. The Kier molecular flexibility index (Phi) is 6.21. The van der Waals surface area contributed by atoms with Gasteiger partial charge in [0.05, 0.1) is 24.3 Å². The summed E-state index contributed by atoms with van der Waals surface area (Å²) in [6.07, 6.45) is 0.519. The van der Waals surface area contributed by atoms with Crippen LogP contribution in [0.1, 0.15) is 42.2 Å². The largest absolute Gasteiger partial charge is 0.468 e. The van der Waals surface area contributed by atoms with E-state index in [1.54, 1.807) is 6.26 Å². The van der Waals surface area contributed by atoms with Crippen molar-refractivity contribution in [2.24, 2.45) is 0 Å². The maximum absolute atomic E-state index is 12.8. The lowest BCUT2D eigenvalue weighted by Crippen LogP contribution is -2.40. The number of furan rings is 1. The number of carbonyl (C=O) groups excluding carboxylic acids is 1. The summed E-state index contributed by atoms with van der Waals surface area (Å²) in [4.78, 5) is 14.6. The van der Waals surface area contributed by atoms with Crippen LogP contribution in [0, 0.1) is 0 Å². The van der Waals surface area contributed by atoms with Crippen molar-refractivity contribution < 1.29 is 22.4 Å². The molecular formula is C20H23F3N2O2. The standard InChI is InChI=1S/C20H23F3N2O2/c21-20(22,23)16-7-4-6-15(12-16)13-19(26)24-14-17(18-8-5-11-27-18)25-9-2-1-3-10-25/h4-8,11-12,17H,1-3,9-10,13-14H2,(H,24,26)/t17-/m1/s1. The van der Waals surface area contributed by atoms with E-state index in [0.29, 0.717) is 12.1 Å². The number of nitrogens with zero attached hydrogens (tertiary/aromatic N) is 1. The summed E-state index contributed by atoms with van der Waals surface area (Å²) >= 11 is 0. The quantitative estimate of drug-likeness (QED) is 0.818. The van der Waals surface area contributed by atoms with Gasteiger partial charge in [0.25, 0.3) is 0 Å². The van der Waals surface area contributed by atoms with Gasteiger partial charge >= 0.3 is 6.18 Å². The zero-order valence-corrected chi connectivity index (χ0v) is 15.0. The fourth-order valence-electron chi connectivity index (χ4n) is 3.44. The predicted octanol–water partition coefficient (Wildman–Crippen LogP) is 4.18. The number of likely N-dealkylation sites (tertiary alicyclic amines) is 1. The van der Waals surface area contributed by atoms with E-state index < -0.39 is 11.7 Å². The number of hydrogen-bond acceptors (Lipinski definition) is 3. The third-order valence-electron chi connectivity index (χ3n) is 4.81. The van der Waals surface area contributed by atoms with Gasteiger partial charge in [0.2, 0.25) is 5.91 Å². The van der Waals surface area contributed by atoms with Crippen LogP contribution in [-0.2, 0) is 17.4 Å². The molecule has 3 rings (SSSR count). The van der Waals surface area contributed by atoms with Crippen molar-refractivity contribution >= 4 is 5.91 Å². The van der Waals surface area contributed by atoms with Gasteiger partial charge in [-0.05, 0) is 49.7 Å². The number of hydrogen-bond donors (Lipinski definition) is 1. The highest BCUT2D eigenvalue weighted by Gasteiger charge is 2.30. The lowest BCUT2D eigenvalue weighted by molar-refractivity contribution is -0.137. The number of benzene rings is 1. The minimum atomic E-state index is -4.41. The Morgan fingerprint density at radius 1 is 1.15 bits per heavy atom. The summed E-state index contributed by atoms with van der Waals surface area (Å²) in [6, 6.07) is 8.52. The van der Waals surface area contributed by atoms with Gasteiger partial charge in [0, 0.05) is 6.54 Å². The molecule has 2 aromatic rings. The summed E-state index contributed by atoms with van der Waals surface area (Å²) in [5.74, 6) is 0.485. The third-order valence-corrected chi connectivity index (χ3v) is 4.81. The molecule has 1 fully saturated rings. The molecule has 1 aromatic heterocycles. The molecule has 1 N–H and O–H groups in total. The Labute approximate surface area is 156 Å². The van der Waals surface area contributed by atoms with Crippen LogP contribution >= 0.6 is 0 Å². The summed E-state index contributed by atoms with van der Waals surface area (Å²) < 4.78 is 44.0. The summed E-state index contributed by atoms with van der Waals surface area (Å²) in [5.41, 5.74) is -0.399. The molecule has 146 valence electrons. The maximum atomic E-state index is 12.8. The first kappa shape index (κ1) is 19.5. The zero-order valence-electron chi connectivity index (χ0n) is 15.0. The Hall–Kier alpha value is -2.28. The normalized spacial score (nSPS) is 16.9. The molecule has 1 aliphatic rings. The van der Waals surface area contributed by atoms with Crippen molar-refractivity contribution in [2.75, 3.05) is 19.6 Å². The fraction of sp³-hybridized carbons (Fsp3) is 0.450. The molecule has 7 heteroatoms. The van der Waals surface area contributed by atoms with E-state index >= 15 is 0 Å². The van der Waals surface area contributed by atoms with Gasteiger partial charge < -0.3 is 9.73 Å². The number of alkyl halides is 3. The van der Waals surface area contributed by atoms with Crippen molar-refractivity contribution in [3.8, 4) is 0 Å². The molecule has 4 nitrogen and oxygen atoms in total. The highest BCUT2D eigenvalue weighted by atomic mass is 19.4. The molecule has 27 heavy (non-hydrogen) atoms. The topological polar surface area (TPSA) is 45.5 Å². The Morgan fingerprint density at radius 2 is 1.93 bits per heavy atom. The highest BCUT2D eigenvalue weighted by Crippen LogP contribution is 2.29. The molecular weight excluding hydrogens is 357 g/mol. The average Bonchev–Trinajstić information content (AvgIpc) is 3.17. The van der Waals surface area contributed by atoms with Gasteiger partial charge in [-0.1, -0.05) is 24.6 Å². The van der Waals surface area contributed by atoms with E-state index in [1.165, 1.54) is 18.6 Å². The van der Waals surface area contributed by atoms with Crippen LogP contribution < -0.4 is 5.32 Å². The fourth-order valence-corrected chi connectivity index (χ4v) is 3.44. The average molecular weight is 380 g/mol. The van der Waals surface area contributed by atoms with E-state index in [0.717, 1.165) is 43.8 Å². The van der Waals surface area contributed by atoms with Crippen LogP contribution in [0.3, 0.4) is 0 Å². The number of amides is 1. The van der Waals surface area contributed by atoms with Gasteiger partial charge in [-0.3, -0.25) is 9.69 Å². The first-order chi connectivity index (χ1) is 12.9. The van der Waals surface area contributed by atoms with Crippen LogP contribution in [0.15, 0.2) is 47.1 Å². The molecule has 0 radical (unpaired) electrons. The van der Waals surface area contributed by atoms with Gasteiger partial charge in [0.15, 0.2) is 0 Å². The highest BCUT2D eigenvalue weighted by molar-refractivity contribution is 5.78. The molecule has 1 saturated heterocycles. The summed E-state index contributed by atoms with van der Waals surface area (Å²) in [7, 11) is 0. The number of nitrogens with one attached hydrogen (secondary N) is 1. The molecule has 0 saturated carbocycles. The van der Waals surface area contributed by atoms with Crippen molar-refractivity contribution in [2.45, 2.75) is 37.9 Å². The summed E-state index contributed by atoms with van der Waals surface area (Å²) in [6.45, 7) is 2.25. The Morgan fingerprint density at radius 3 is 2.59 bits per heavy atom. The van der Waals surface area contributed by atoms with E-state index in [2.05, 4.69) is 10.2 Å². The minimum Gasteiger partial charge on any atom is -0.468 e. The molecule has 1 atom stereocenters. The number of rotatable bonds is 6. The van der Waals surface area contributed by atoms with Gasteiger partial charge in [-0.2, -0.15) is 13.2 Å². The number of piperidine rings is 1. The van der Waals surface area contributed by atoms with Crippen LogP contribution in [0.5, 0.6) is 0 Å². The van der Waals surface area contributed by atoms with E-state index in [1.807, 2.05) is 12.1 Å². The molecule has 1 amide bonds. The molecule has 0 aliphatic carbocycles. The second kappa shape index (κ2) is 8.61. The van der Waals surface area contributed by atoms with Crippen molar-refractivity contribution in [1.82, 2.24) is 10.2 Å². The van der Waals surface area contributed by atoms with Gasteiger partial charge in [-0.25, -0.2) is 0 Å².